The monoisotopic (exact) mass is 426 g/mol. The van der Waals surface area contributed by atoms with Gasteiger partial charge in [-0.25, -0.2) is 9.97 Å². The Morgan fingerprint density at radius 1 is 1.06 bits per heavy atom. The molecule has 5 heteroatoms. The van der Waals surface area contributed by atoms with E-state index in [4.69, 9.17) is 9.97 Å². The van der Waals surface area contributed by atoms with Gasteiger partial charge in [0, 0.05) is 39.7 Å². The van der Waals surface area contributed by atoms with Gasteiger partial charge in [0.15, 0.2) is 5.82 Å². The SMILES string of the molecule is Cc1ccc(CCNc2nc(-c3csc4ccccc34)cn3c(C(C)C)ncc23)cc1. The van der Waals surface area contributed by atoms with Crippen molar-refractivity contribution in [2.45, 2.75) is 33.1 Å². The molecule has 0 spiro atoms. The third-order valence-corrected chi connectivity index (χ3v) is 6.62. The van der Waals surface area contributed by atoms with Gasteiger partial charge >= 0.3 is 0 Å². The molecule has 0 bridgehead atoms. The minimum absolute atomic E-state index is 0.331. The average molecular weight is 427 g/mol. The molecule has 0 aliphatic heterocycles. The highest BCUT2D eigenvalue weighted by Crippen LogP contribution is 2.34. The average Bonchev–Trinajstić information content (AvgIpc) is 3.39. The molecule has 0 saturated carbocycles. The second-order valence-corrected chi connectivity index (χ2v) is 9.22. The van der Waals surface area contributed by atoms with Crippen LogP contribution in [0.3, 0.4) is 0 Å². The summed E-state index contributed by atoms with van der Waals surface area (Å²) in [5.74, 6) is 2.27. The van der Waals surface area contributed by atoms with E-state index in [0.717, 1.165) is 35.8 Å². The normalized spacial score (nSPS) is 11.6. The number of fused-ring (bicyclic) bond motifs is 2. The molecule has 0 saturated heterocycles. The fraction of sp³-hybridized carbons (Fsp3) is 0.231. The molecule has 0 fully saturated rings. The molecule has 0 aliphatic carbocycles. The maximum absolute atomic E-state index is 5.05. The number of nitrogens with one attached hydrogen (secondary N) is 1. The largest absolute Gasteiger partial charge is 0.368 e. The Labute approximate surface area is 186 Å². The Balaban J connectivity index is 1.54. The summed E-state index contributed by atoms with van der Waals surface area (Å²) in [5, 5.41) is 7.04. The fourth-order valence-electron chi connectivity index (χ4n) is 3.96. The molecule has 0 amide bonds. The van der Waals surface area contributed by atoms with Crippen molar-refractivity contribution in [3.63, 3.8) is 0 Å². The fourth-order valence-corrected chi connectivity index (χ4v) is 4.91. The molecule has 0 unspecified atom stereocenters. The van der Waals surface area contributed by atoms with Crippen molar-refractivity contribution in [1.29, 1.82) is 0 Å². The van der Waals surface area contributed by atoms with E-state index in [1.807, 2.05) is 6.20 Å². The highest BCUT2D eigenvalue weighted by molar-refractivity contribution is 7.17. The van der Waals surface area contributed by atoms with E-state index in [2.05, 4.69) is 90.6 Å². The molecule has 156 valence electrons. The van der Waals surface area contributed by atoms with Crippen LogP contribution in [-0.2, 0) is 6.42 Å². The molecule has 0 atom stereocenters. The quantitative estimate of drug-likeness (QED) is 0.329. The van der Waals surface area contributed by atoms with Crippen LogP contribution in [0, 0.1) is 6.92 Å². The minimum atomic E-state index is 0.331. The van der Waals surface area contributed by atoms with E-state index >= 15 is 0 Å². The van der Waals surface area contributed by atoms with Gasteiger partial charge in [-0.3, -0.25) is 4.40 Å². The number of aryl methyl sites for hydroxylation is 1. The zero-order valence-corrected chi connectivity index (χ0v) is 18.9. The molecule has 3 aromatic heterocycles. The molecule has 5 aromatic rings. The first kappa shape index (κ1) is 19.8. The minimum Gasteiger partial charge on any atom is -0.368 e. The number of hydrogen-bond acceptors (Lipinski definition) is 4. The predicted molar refractivity (Wildman–Crippen MR) is 131 cm³/mol. The van der Waals surface area contributed by atoms with E-state index in [9.17, 15) is 0 Å². The third-order valence-electron chi connectivity index (χ3n) is 5.65. The molecule has 31 heavy (non-hydrogen) atoms. The summed E-state index contributed by atoms with van der Waals surface area (Å²) in [4.78, 5) is 9.75. The van der Waals surface area contributed by atoms with E-state index < -0.39 is 0 Å². The number of aromatic nitrogens is 3. The van der Waals surface area contributed by atoms with Crippen LogP contribution in [0.5, 0.6) is 0 Å². The zero-order valence-electron chi connectivity index (χ0n) is 18.1. The maximum atomic E-state index is 5.05. The lowest BCUT2D eigenvalue weighted by Crippen LogP contribution is -2.09. The van der Waals surface area contributed by atoms with Gasteiger partial charge in [-0.2, -0.15) is 0 Å². The third kappa shape index (κ3) is 3.81. The van der Waals surface area contributed by atoms with Crippen LogP contribution >= 0.6 is 11.3 Å². The van der Waals surface area contributed by atoms with Crippen molar-refractivity contribution in [3.05, 3.63) is 83.3 Å². The van der Waals surface area contributed by atoms with Gasteiger partial charge in [0.25, 0.3) is 0 Å². The van der Waals surface area contributed by atoms with Crippen LogP contribution in [0.25, 0.3) is 26.9 Å². The van der Waals surface area contributed by atoms with E-state index in [1.165, 1.54) is 26.8 Å². The first-order valence-electron chi connectivity index (χ1n) is 10.7. The van der Waals surface area contributed by atoms with Crippen molar-refractivity contribution in [1.82, 2.24) is 14.4 Å². The Morgan fingerprint density at radius 3 is 2.68 bits per heavy atom. The van der Waals surface area contributed by atoms with E-state index in [0.29, 0.717) is 5.92 Å². The molecule has 5 rings (SSSR count). The topological polar surface area (TPSA) is 42.2 Å². The maximum Gasteiger partial charge on any atom is 0.152 e. The predicted octanol–water partition coefficient (Wildman–Crippen LogP) is 6.70. The van der Waals surface area contributed by atoms with E-state index in [-0.39, 0.29) is 0 Å². The van der Waals surface area contributed by atoms with Gasteiger partial charge in [0.2, 0.25) is 0 Å². The van der Waals surface area contributed by atoms with Crippen LogP contribution in [0.1, 0.15) is 36.7 Å². The van der Waals surface area contributed by atoms with Crippen molar-refractivity contribution < 1.29 is 0 Å². The van der Waals surface area contributed by atoms with Crippen molar-refractivity contribution in [2.75, 3.05) is 11.9 Å². The lowest BCUT2D eigenvalue weighted by Gasteiger charge is -2.12. The van der Waals surface area contributed by atoms with Gasteiger partial charge in [-0.1, -0.05) is 61.9 Å². The number of anilines is 1. The lowest BCUT2D eigenvalue weighted by molar-refractivity contribution is 0.769. The Bertz CT molecular complexity index is 1350. The van der Waals surface area contributed by atoms with Crippen molar-refractivity contribution in [3.8, 4) is 11.3 Å². The second kappa shape index (κ2) is 8.16. The molecule has 0 radical (unpaired) electrons. The summed E-state index contributed by atoms with van der Waals surface area (Å²) in [6.45, 7) is 7.30. The molecule has 2 aromatic carbocycles. The van der Waals surface area contributed by atoms with Crippen LogP contribution in [0.2, 0.25) is 0 Å². The van der Waals surface area contributed by atoms with Gasteiger partial charge < -0.3 is 5.32 Å². The number of imidazole rings is 1. The van der Waals surface area contributed by atoms with Crippen molar-refractivity contribution in [2.24, 2.45) is 0 Å². The number of benzene rings is 2. The van der Waals surface area contributed by atoms with Crippen LogP contribution in [0.4, 0.5) is 5.82 Å². The molecule has 4 nitrogen and oxygen atoms in total. The molecule has 3 heterocycles. The van der Waals surface area contributed by atoms with Gasteiger partial charge in [0.05, 0.1) is 11.9 Å². The molecular formula is C26H26N4S. The second-order valence-electron chi connectivity index (χ2n) is 8.31. The molecular weight excluding hydrogens is 400 g/mol. The van der Waals surface area contributed by atoms with Gasteiger partial charge in [0.1, 0.15) is 11.3 Å². The van der Waals surface area contributed by atoms with Crippen LogP contribution in [0.15, 0.2) is 66.3 Å². The van der Waals surface area contributed by atoms with E-state index in [1.54, 1.807) is 11.3 Å². The Kier molecular flexibility index (Phi) is 5.20. The smallest absolute Gasteiger partial charge is 0.152 e. The summed E-state index contributed by atoms with van der Waals surface area (Å²) < 4.78 is 3.48. The summed E-state index contributed by atoms with van der Waals surface area (Å²) in [5.41, 5.74) is 5.78. The first-order chi connectivity index (χ1) is 15.1. The number of hydrogen-bond donors (Lipinski definition) is 1. The first-order valence-corrected chi connectivity index (χ1v) is 11.6. The molecule has 0 aliphatic rings. The summed E-state index contributed by atoms with van der Waals surface area (Å²) >= 11 is 1.76. The Morgan fingerprint density at radius 2 is 1.87 bits per heavy atom. The highest BCUT2D eigenvalue weighted by atomic mass is 32.1. The standard InChI is InChI=1S/C26H26N4S/c1-17(2)26-28-14-23-25(27-13-12-19-10-8-18(3)9-11-19)29-22(15-30(23)26)21-16-31-24-7-5-4-6-20(21)24/h4-11,14-17H,12-13H2,1-3H3,(H,27,29). The summed E-state index contributed by atoms with van der Waals surface area (Å²) in [6.07, 6.45) is 5.02. The highest BCUT2D eigenvalue weighted by Gasteiger charge is 2.16. The summed E-state index contributed by atoms with van der Waals surface area (Å²) in [6, 6.07) is 17.3. The van der Waals surface area contributed by atoms with Crippen LogP contribution < -0.4 is 5.32 Å². The summed E-state index contributed by atoms with van der Waals surface area (Å²) in [7, 11) is 0. The van der Waals surface area contributed by atoms with Crippen LogP contribution in [-0.4, -0.2) is 20.9 Å². The number of thiophene rings is 1. The van der Waals surface area contributed by atoms with Crippen molar-refractivity contribution >= 4 is 32.8 Å². The van der Waals surface area contributed by atoms with Gasteiger partial charge in [-0.15, -0.1) is 11.3 Å². The number of rotatable bonds is 6. The Hall–Kier alpha value is -3.18. The number of nitrogens with zero attached hydrogens (tertiary/aromatic N) is 3. The zero-order chi connectivity index (χ0) is 21.4. The lowest BCUT2D eigenvalue weighted by atomic mass is 10.1. The molecule has 1 N–H and O–H groups in total. The van der Waals surface area contributed by atoms with Gasteiger partial charge in [-0.05, 0) is 25.0 Å².